The predicted octanol–water partition coefficient (Wildman–Crippen LogP) is 6.79. The fraction of sp³-hybridized carbons (Fsp3) is 0.778. The summed E-state index contributed by atoms with van der Waals surface area (Å²) in [6.45, 7) is 8.03. The molecule has 0 amide bonds. The maximum atomic E-state index is 13.0. The third kappa shape index (κ3) is 5.58. The first-order valence-corrected chi connectivity index (χ1v) is 12.8. The van der Waals surface area contributed by atoms with Crippen LogP contribution in [0.1, 0.15) is 78.1 Å². The van der Waals surface area contributed by atoms with E-state index in [-0.39, 0.29) is 42.4 Å². The number of aliphatic hydroxyl groups excluding tert-OH is 2. The van der Waals surface area contributed by atoms with Gasteiger partial charge in [-0.25, -0.2) is 0 Å². The number of fused-ring (bicyclic) bond motifs is 1. The average molecular weight is 525 g/mol. The van der Waals surface area contributed by atoms with Gasteiger partial charge in [-0.3, -0.25) is 0 Å². The van der Waals surface area contributed by atoms with E-state index in [1.165, 1.54) is 5.57 Å². The Morgan fingerprint density at radius 2 is 1.72 bits per heavy atom. The fourth-order valence-corrected chi connectivity index (χ4v) is 7.00. The molecule has 3 rings (SSSR count). The maximum Gasteiger partial charge on any atom is 0.426 e. The molecule has 3 aliphatic carbocycles. The Balaban J connectivity index is 1.69. The second kappa shape index (κ2) is 10.4. The van der Waals surface area contributed by atoms with Gasteiger partial charge in [0.05, 0.1) is 12.2 Å². The van der Waals surface area contributed by atoms with Crippen molar-refractivity contribution in [1.82, 2.24) is 0 Å². The van der Waals surface area contributed by atoms with E-state index < -0.39 is 36.6 Å². The quantitative estimate of drug-likeness (QED) is 0.336. The van der Waals surface area contributed by atoms with E-state index in [0.29, 0.717) is 12.0 Å². The Morgan fingerprint density at radius 1 is 1.08 bits per heavy atom. The number of alkyl halides is 6. The Kier molecular flexibility index (Phi) is 8.48. The van der Waals surface area contributed by atoms with Gasteiger partial charge in [-0.05, 0) is 85.7 Å². The van der Waals surface area contributed by atoms with Crippen LogP contribution in [-0.4, -0.2) is 45.5 Å². The summed E-state index contributed by atoms with van der Waals surface area (Å²) in [4.78, 5) is 0. The molecule has 0 saturated heterocycles. The molecule has 0 heterocycles. The minimum atomic E-state index is -5.77. The first-order chi connectivity index (χ1) is 16.5. The predicted molar refractivity (Wildman–Crippen MR) is 125 cm³/mol. The van der Waals surface area contributed by atoms with Crippen LogP contribution in [0, 0.1) is 23.2 Å². The monoisotopic (exact) mass is 524 g/mol. The zero-order valence-electron chi connectivity index (χ0n) is 20.9. The Labute approximate surface area is 209 Å². The molecule has 0 aliphatic heterocycles. The molecular weight excluding hydrogens is 486 g/mol. The number of rotatable bonds is 6. The van der Waals surface area contributed by atoms with E-state index in [9.17, 15) is 41.7 Å². The molecule has 3 fully saturated rings. The number of allylic oxidation sites excluding steroid dienone is 3. The second-order valence-electron chi connectivity index (χ2n) is 11.4. The van der Waals surface area contributed by atoms with Crippen LogP contribution in [0.3, 0.4) is 0 Å². The molecule has 6 atom stereocenters. The topological polar surface area (TPSA) is 60.7 Å². The van der Waals surface area contributed by atoms with Crippen LogP contribution in [0.5, 0.6) is 0 Å². The lowest BCUT2D eigenvalue weighted by Gasteiger charge is -2.44. The molecule has 3 saturated carbocycles. The lowest BCUT2D eigenvalue weighted by molar-refractivity contribution is -0.370. The summed E-state index contributed by atoms with van der Waals surface area (Å²) in [7, 11) is 0. The van der Waals surface area contributed by atoms with E-state index >= 15 is 0 Å². The van der Waals surface area contributed by atoms with Crippen molar-refractivity contribution in [3.05, 3.63) is 35.5 Å². The number of hydrogen-bond donors (Lipinski definition) is 3. The lowest BCUT2D eigenvalue weighted by Crippen LogP contribution is -2.56. The molecule has 9 heteroatoms. The van der Waals surface area contributed by atoms with Crippen LogP contribution >= 0.6 is 0 Å². The summed E-state index contributed by atoms with van der Waals surface area (Å²) >= 11 is 0. The third-order valence-corrected chi connectivity index (χ3v) is 9.12. The summed E-state index contributed by atoms with van der Waals surface area (Å²) < 4.78 is 78.1. The van der Waals surface area contributed by atoms with Crippen molar-refractivity contribution in [1.29, 1.82) is 0 Å². The van der Waals surface area contributed by atoms with Crippen molar-refractivity contribution in [2.75, 3.05) is 0 Å². The molecule has 0 aromatic carbocycles. The van der Waals surface area contributed by atoms with Crippen LogP contribution < -0.4 is 0 Å². The van der Waals surface area contributed by atoms with Gasteiger partial charge in [0.1, 0.15) is 0 Å². The summed E-state index contributed by atoms with van der Waals surface area (Å²) in [5.74, 6) is 0.355. The van der Waals surface area contributed by atoms with E-state index in [4.69, 9.17) is 0 Å². The van der Waals surface area contributed by atoms with Crippen LogP contribution in [-0.2, 0) is 0 Å². The lowest BCUT2D eigenvalue weighted by atomic mass is 9.60. The van der Waals surface area contributed by atoms with E-state index in [2.05, 4.69) is 19.6 Å². The molecule has 0 radical (unpaired) electrons. The Hall–Kier alpha value is -1.32. The maximum absolute atomic E-state index is 13.0. The highest BCUT2D eigenvalue weighted by Gasteiger charge is 2.69. The standard InChI is InChI=1S/C27H38F6O3/c1-16(6-4-13-25(36,26(28,29)30)27(31,32)33)21-10-11-22-18(7-5-12-24(21,22)3)8-9-19-14-20(34)15-23(35)17(19)2/h8-9,16,20-23,34-36H,2,4-7,10-15H2,1,3H3/b18-8+,19-9+/t16-,20-,21+,22-,23-,24+/m0/s1. The minimum Gasteiger partial charge on any atom is -0.393 e. The third-order valence-electron chi connectivity index (χ3n) is 9.12. The molecule has 0 unspecified atom stereocenters. The van der Waals surface area contributed by atoms with Gasteiger partial charge in [-0.1, -0.05) is 44.6 Å². The highest BCUT2D eigenvalue weighted by molar-refractivity contribution is 5.38. The van der Waals surface area contributed by atoms with Gasteiger partial charge in [0.15, 0.2) is 0 Å². The number of aliphatic hydroxyl groups is 3. The van der Waals surface area contributed by atoms with Crippen LogP contribution in [0.4, 0.5) is 26.3 Å². The molecule has 0 aromatic rings. The van der Waals surface area contributed by atoms with Gasteiger partial charge in [0, 0.05) is 6.42 Å². The first-order valence-electron chi connectivity index (χ1n) is 12.8. The summed E-state index contributed by atoms with van der Waals surface area (Å²) in [5.41, 5.74) is -2.08. The largest absolute Gasteiger partial charge is 0.426 e. The molecular formula is C27H38F6O3. The van der Waals surface area contributed by atoms with Crippen molar-refractivity contribution < 1.29 is 41.7 Å². The van der Waals surface area contributed by atoms with Gasteiger partial charge in [-0.15, -0.1) is 0 Å². The number of hydrogen-bond acceptors (Lipinski definition) is 3. The summed E-state index contributed by atoms with van der Waals surface area (Å²) in [5, 5.41) is 29.5. The molecule has 36 heavy (non-hydrogen) atoms. The van der Waals surface area contributed by atoms with E-state index in [0.717, 1.165) is 37.7 Å². The van der Waals surface area contributed by atoms with Crippen molar-refractivity contribution >= 4 is 0 Å². The van der Waals surface area contributed by atoms with Crippen molar-refractivity contribution in [2.45, 2.75) is 108 Å². The average Bonchev–Trinajstić information content (AvgIpc) is 3.11. The van der Waals surface area contributed by atoms with E-state index in [1.54, 1.807) is 0 Å². The zero-order chi connectivity index (χ0) is 27.1. The van der Waals surface area contributed by atoms with Gasteiger partial charge in [0.2, 0.25) is 0 Å². The molecule has 206 valence electrons. The SMILES string of the molecule is C=C1/C(=C/C=C2\CCC[C@]3(C)[C@@H]([C@@H](C)CCCC(O)(C(F)(F)F)C(F)(F)F)CC[C@@H]23)C[C@H](O)C[C@@H]1O. The summed E-state index contributed by atoms with van der Waals surface area (Å²) in [6.07, 6.45) is -5.24. The molecule has 3 nitrogen and oxygen atoms in total. The Bertz CT molecular complexity index is 860. The van der Waals surface area contributed by atoms with Gasteiger partial charge < -0.3 is 15.3 Å². The molecule has 0 bridgehead atoms. The first kappa shape index (κ1) is 29.2. The van der Waals surface area contributed by atoms with Gasteiger partial charge in [-0.2, -0.15) is 26.3 Å². The smallest absolute Gasteiger partial charge is 0.393 e. The Morgan fingerprint density at radius 3 is 2.33 bits per heavy atom. The van der Waals surface area contributed by atoms with Gasteiger partial charge in [0.25, 0.3) is 5.60 Å². The second-order valence-corrected chi connectivity index (χ2v) is 11.4. The molecule has 0 spiro atoms. The van der Waals surface area contributed by atoms with Gasteiger partial charge >= 0.3 is 12.4 Å². The summed E-state index contributed by atoms with van der Waals surface area (Å²) in [6, 6.07) is 0. The minimum absolute atomic E-state index is 0.0770. The van der Waals surface area contributed by atoms with Crippen molar-refractivity contribution in [3.63, 3.8) is 0 Å². The van der Waals surface area contributed by atoms with Crippen LogP contribution in [0.25, 0.3) is 0 Å². The zero-order valence-corrected chi connectivity index (χ0v) is 20.9. The van der Waals surface area contributed by atoms with Crippen LogP contribution in [0.15, 0.2) is 35.5 Å². The fourth-order valence-electron chi connectivity index (χ4n) is 7.00. The van der Waals surface area contributed by atoms with Crippen LogP contribution in [0.2, 0.25) is 0 Å². The molecule has 3 aliphatic rings. The number of halogens is 6. The molecule has 0 aromatic heterocycles. The highest BCUT2D eigenvalue weighted by Crippen LogP contribution is 2.60. The highest BCUT2D eigenvalue weighted by atomic mass is 19.4. The normalized spacial score (nSPS) is 35.4. The van der Waals surface area contributed by atoms with Crippen molar-refractivity contribution in [2.24, 2.45) is 23.2 Å². The van der Waals surface area contributed by atoms with Crippen molar-refractivity contribution in [3.8, 4) is 0 Å². The molecule has 3 N–H and O–H groups in total. The van der Waals surface area contributed by atoms with E-state index in [1.807, 2.05) is 13.0 Å².